The van der Waals surface area contributed by atoms with Crippen LogP contribution in [-0.4, -0.2) is 24.1 Å². The molecule has 3 rings (SSSR count). The van der Waals surface area contributed by atoms with Gasteiger partial charge in [0, 0.05) is 19.2 Å². The van der Waals surface area contributed by atoms with E-state index in [1.165, 1.54) is 41.0 Å². The smallest absolute Gasteiger partial charge is 0.241 e. The van der Waals surface area contributed by atoms with Crippen molar-refractivity contribution in [3.8, 4) is 0 Å². The number of nitrogens with one attached hydrogen (secondary N) is 1. The van der Waals surface area contributed by atoms with E-state index >= 15 is 0 Å². The molecule has 1 aromatic carbocycles. The summed E-state index contributed by atoms with van der Waals surface area (Å²) in [6, 6.07) is 6.38. The van der Waals surface area contributed by atoms with E-state index in [4.69, 9.17) is 5.14 Å². The van der Waals surface area contributed by atoms with E-state index in [-0.39, 0.29) is 29.8 Å². The maximum absolute atomic E-state index is 12.2. The third-order valence-electron chi connectivity index (χ3n) is 4.76. The van der Waals surface area contributed by atoms with E-state index in [9.17, 15) is 13.2 Å². The number of benzene rings is 1. The van der Waals surface area contributed by atoms with Gasteiger partial charge in [-0.25, -0.2) is 13.6 Å². The molecule has 2 aromatic rings. The standard InChI is InChI=1S/C18H24N4O3S/c1-13(15-7-6-14-4-2-3-5-16(14)10-15)21-18(23)8-9-22-12-17(11-20-22)26(19,24)25/h6-7,10-13H,2-5,8-9H2,1H3,(H,21,23)(H2,19,24,25)/t13-/m1/s1. The van der Waals surface area contributed by atoms with Crippen LogP contribution >= 0.6 is 0 Å². The molecule has 0 saturated heterocycles. The molecule has 1 atom stereocenters. The number of primary sulfonamides is 1. The Morgan fingerprint density at radius 2 is 2.04 bits per heavy atom. The number of rotatable bonds is 6. The lowest BCUT2D eigenvalue weighted by molar-refractivity contribution is -0.122. The average Bonchev–Trinajstić information content (AvgIpc) is 3.09. The second-order valence-corrected chi connectivity index (χ2v) is 8.32. The van der Waals surface area contributed by atoms with Gasteiger partial charge in [-0.1, -0.05) is 18.2 Å². The van der Waals surface area contributed by atoms with Gasteiger partial charge in [0.1, 0.15) is 4.90 Å². The Bertz CT molecular complexity index is 905. The van der Waals surface area contributed by atoms with Crippen LogP contribution in [0.25, 0.3) is 0 Å². The Labute approximate surface area is 153 Å². The fourth-order valence-electron chi connectivity index (χ4n) is 3.25. The van der Waals surface area contributed by atoms with Gasteiger partial charge in [0.25, 0.3) is 0 Å². The van der Waals surface area contributed by atoms with E-state index in [0.29, 0.717) is 0 Å². The minimum atomic E-state index is -3.77. The number of amides is 1. The minimum absolute atomic E-state index is 0.0552. The molecule has 140 valence electrons. The predicted molar refractivity (Wildman–Crippen MR) is 97.9 cm³/mol. The maximum Gasteiger partial charge on any atom is 0.241 e. The number of fused-ring (bicyclic) bond motifs is 1. The van der Waals surface area contributed by atoms with Crippen molar-refractivity contribution in [1.29, 1.82) is 0 Å². The van der Waals surface area contributed by atoms with Crippen LogP contribution in [0.1, 0.15) is 48.9 Å². The molecule has 7 nitrogen and oxygen atoms in total. The van der Waals surface area contributed by atoms with E-state index in [1.54, 1.807) is 0 Å². The van der Waals surface area contributed by atoms with Crippen LogP contribution < -0.4 is 10.5 Å². The highest BCUT2D eigenvalue weighted by atomic mass is 32.2. The molecule has 3 N–H and O–H groups in total. The summed E-state index contributed by atoms with van der Waals surface area (Å²) in [5.74, 6) is -0.108. The third kappa shape index (κ3) is 4.50. The van der Waals surface area contributed by atoms with Crippen LogP contribution in [0.2, 0.25) is 0 Å². The highest BCUT2D eigenvalue weighted by molar-refractivity contribution is 7.89. The van der Waals surface area contributed by atoms with Gasteiger partial charge >= 0.3 is 0 Å². The lowest BCUT2D eigenvalue weighted by atomic mass is 9.89. The van der Waals surface area contributed by atoms with Crippen molar-refractivity contribution in [2.75, 3.05) is 0 Å². The number of nitrogens with zero attached hydrogens (tertiary/aromatic N) is 2. The molecule has 1 heterocycles. The molecule has 0 fully saturated rings. The molecule has 0 saturated carbocycles. The van der Waals surface area contributed by atoms with Crippen LogP contribution in [0.3, 0.4) is 0 Å². The Balaban J connectivity index is 1.55. The number of hydrogen-bond acceptors (Lipinski definition) is 4. The Morgan fingerprint density at radius 3 is 2.73 bits per heavy atom. The first-order chi connectivity index (χ1) is 12.3. The van der Waals surface area contributed by atoms with Gasteiger partial charge in [0.15, 0.2) is 0 Å². The summed E-state index contributed by atoms with van der Waals surface area (Å²) in [4.78, 5) is 12.1. The molecule has 1 amide bonds. The van der Waals surface area contributed by atoms with Gasteiger partial charge in [-0.3, -0.25) is 9.48 Å². The summed E-state index contributed by atoms with van der Waals surface area (Å²) in [5, 5.41) is 11.9. The molecule has 1 aliphatic carbocycles. The van der Waals surface area contributed by atoms with Gasteiger partial charge in [-0.15, -0.1) is 0 Å². The molecule has 26 heavy (non-hydrogen) atoms. The molecule has 0 spiro atoms. The molecule has 0 aliphatic heterocycles. The van der Waals surface area contributed by atoms with Gasteiger partial charge in [-0.2, -0.15) is 5.10 Å². The molecular weight excluding hydrogens is 352 g/mol. The van der Waals surface area contributed by atoms with E-state index in [2.05, 4.69) is 28.6 Å². The second-order valence-electron chi connectivity index (χ2n) is 6.76. The second kappa shape index (κ2) is 7.59. The minimum Gasteiger partial charge on any atom is -0.350 e. The highest BCUT2D eigenvalue weighted by Crippen LogP contribution is 2.24. The topological polar surface area (TPSA) is 107 Å². The maximum atomic E-state index is 12.2. The lowest BCUT2D eigenvalue weighted by Crippen LogP contribution is -2.27. The summed E-state index contributed by atoms with van der Waals surface area (Å²) >= 11 is 0. The number of aromatic nitrogens is 2. The average molecular weight is 376 g/mol. The van der Waals surface area contributed by atoms with Crippen molar-refractivity contribution >= 4 is 15.9 Å². The first kappa shape index (κ1) is 18.6. The highest BCUT2D eigenvalue weighted by Gasteiger charge is 2.15. The van der Waals surface area contributed by atoms with E-state index in [1.807, 2.05) is 6.92 Å². The number of carbonyl (C=O) groups is 1. The van der Waals surface area contributed by atoms with E-state index in [0.717, 1.165) is 18.4 Å². The lowest BCUT2D eigenvalue weighted by Gasteiger charge is -2.20. The molecule has 0 unspecified atom stereocenters. The van der Waals surface area contributed by atoms with Crippen molar-refractivity contribution in [3.05, 3.63) is 47.3 Å². The van der Waals surface area contributed by atoms with Crippen LogP contribution in [0.4, 0.5) is 0 Å². The Kier molecular flexibility index (Phi) is 5.43. The quantitative estimate of drug-likeness (QED) is 0.800. The normalized spacial score (nSPS) is 15.3. The number of aryl methyl sites for hydroxylation is 3. The Hall–Kier alpha value is -2.19. The van der Waals surface area contributed by atoms with Crippen LogP contribution in [0.15, 0.2) is 35.5 Å². The SMILES string of the molecule is C[C@@H](NC(=O)CCn1cc(S(N)(=O)=O)cn1)c1ccc2c(c1)CCCC2. The summed E-state index contributed by atoms with van der Waals surface area (Å²) in [5.41, 5.74) is 3.92. The van der Waals surface area contributed by atoms with Crippen LogP contribution in [0, 0.1) is 0 Å². The zero-order valence-electron chi connectivity index (χ0n) is 14.8. The Morgan fingerprint density at radius 1 is 1.31 bits per heavy atom. The summed E-state index contributed by atoms with van der Waals surface area (Å²) < 4.78 is 23.9. The van der Waals surface area contributed by atoms with E-state index < -0.39 is 10.0 Å². The van der Waals surface area contributed by atoms with Gasteiger partial charge < -0.3 is 5.32 Å². The number of sulfonamides is 1. The summed E-state index contributed by atoms with van der Waals surface area (Å²) in [6.45, 7) is 2.26. The predicted octanol–water partition coefficient (Wildman–Crippen LogP) is 1.68. The van der Waals surface area contributed by atoms with Crippen molar-refractivity contribution in [2.45, 2.75) is 56.5 Å². The third-order valence-corrected chi connectivity index (χ3v) is 5.62. The number of nitrogens with two attached hydrogens (primary N) is 1. The van der Waals surface area contributed by atoms with Crippen molar-refractivity contribution < 1.29 is 13.2 Å². The first-order valence-corrected chi connectivity index (χ1v) is 10.3. The molecule has 8 heteroatoms. The van der Waals surface area contributed by atoms with Crippen molar-refractivity contribution in [2.24, 2.45) is 5.14 Å². The van der Waals surface area contributed by atoms with Crippen molar-refractivity contribution in [1.82, 2.24) is 15.1 Å². The number of carbonyl (C=O) groups excluding carboxylic acids is 1. The van der Waals surface area contributed by atoms with Gasteiger partial charge in [-0.05, 0) is 49.3 Å². The molecule has 0 bridgehead atoms. The van der Waals surface area contributed by atoms with Crippen LogP contribution in [0.5, 0.6) is 0 Å². The largest absolute Gasteiger partial charge is 0.350 e. The van der Waals surface area contributed by atoms with Gasteiger partial charge in [0.2, 0.25) is 15.9 Å². The molecular formula is C18H24N4O3S. The molecule has 0 radical (unpaired) electrons. The van der Waals surface area contributed by atoms with Crippen LogP contribution in [-0.2, 0) is 34.2 Å². The summed E-state index contributed by atoms with van der Waals surface area (Å²) in [6.07, 6.45) is 7.44. The summed E-state index contributed by atoms with van der Waals surface area (Å²) in [7, 11) is -3.77. The molecule has 1 aromatic heterocycles. The van der Waals surface area contributed by atoms with Crippen molar-refractivity contribution in [3.63, 3.8) is 0 Å². The first-order valence-electron chi connectivity index (χ1n) is 8.79. The monoisotopic (exact) mass is 376 g/mol. The fraction of sp³-hybridized carbons (Fsp3) is 0.444. The zero-order valence-corrected chi connectivity index (χ0v) is 15.6. The zero-order chi connectivity index (χ0) is 18.7. The number of hydrogen-bond donors (Lipinski definition) is 2. The molecule has 1 aliphatic rings. The van der Waals surface area contributed by atoms with Gasteiger partial charge in [0.05, 0.1) is 12.2 Å². The fourth-order valence-corrected chi connectivity index (χ4v) is 3.71.